The molecule has 0 unspecified atom stereocenters. The molecule has 8 aromatic rings. The van der Waals surface area contributed by atoms with Gasteiger partial charge in [-0.15, -0.1) is 0 Å². The highest BCUT2D eigenvalue weighted by Crippen LogP contribution is 2.64. The molecule has 21 saturated heterocycles. The van der Waals surface area contributed by atoms with Crippen LogP contribution in [-0.4, -0.2) is 203 Å². The molecule has 0 radical (unpaired) electrons. The van der Waals surface area contributed by atoms with E-state index in [-0.39, 0.29) is 174 Å². The fourth-order valence-corrected chi connectivity index (χ4v) is 24.9. The third-order valence-electron chi connectivity index (χ3n) is 23.3. The Labute approximate surface area is 791 Å². The third kappa shape index (κ3) is 25.8. The normalized spacial score (nSPS) is 32.6. The Kier molecular flexibility index (Phi) is 32.3. The van der Waals surface area contributed by atoms with E-state index in [1.54, 1.807) is 6.07 Å². The number of carbonyl (C=O) groups is 4. The summed E-state index contributed by atoms with van der Waals surface area (Å²) in [6.45, 7) is 14.3. The number of nitrogens with one attached hydrogen (secondary N) is 1. The van der Waals surface area contributed by atoms with Gasteiger partial charge in [-0.1, -0.05) is 202 Å². The van der Waals surface area contributed by atoms with Crippen LogP contribution >= 0.6 is 54.8 Å². The molecule has 8 aromatic carbocycles. The van der Waals surface area contributed by atoms with Crippen LogP contribution in [0.25, 0.3) is 11.1 Å². The summed E-state index contributed by atoms with van der Waals surface area (Å²) in [6, 6.07) is 67.9. The van der Waals surface area contributed by atoms with Gasteiger partial charge >= 0.3 is 66.7 Å². The quantitative estimate of drug-likeness (QED) is 0.0547. The average molecular weight is 2040 g/mol. The van der Waals surface area contributed by atoms with Crippen LogP contribution in [0.15, 0.2) is 212 Å². The molecule has 39 nitrogen and oxygen atoms in total. The maximum atomic E-state index is 12.3. The molecule has 137 heavy (non-hydrogen) atoms. The van der Waals surface area contributed by atoms with Crippen LogP contribution < -0.4 is 14.8 Å². The van der Waals surface area contributed by atoms with E-state index in [0.29, 0.717) is 25.4 Å². The zero-order chi connectivity index (χ0) is 95.8. The number of hydrogen-bond acceptors (Lipinski definition) is 38. The number of esters is 2. The summed E-state index contributed by atoms with van der Waals surface area (Å²) in [5, 5.41) is 2.66. The largest absolute Gasteiger partial charge is 0.480 e. The van der Waals surface area contributed by atoms with Crippen molar-refractivity contribution in [2.75, 3.05) is 146 Å². The SMILES string of the molecule is C.CC(=O)NC12COP(=O)(OC1)OC2.CC(C)(c1ccccc1)c1cccc(OC23COP(=O)(OC2)OC3)c1.COC(=O)c1cccc(C(=O)OC23COP(=O)(OC2)OC3)c1.Cc1cccc(-c2ccc(OC34COP(=O)(OC3)OC4)cc2)c1.Cc1cccc(COC23COP(=O)(OC2)OC3)c1.O=C(Cc1ccccc1)C12COP(=O)(OC1)OC2.O=P12OCC(OCc3ccccc3)(CO1)CO2. The summed E-state index contributed by atoms with van der Waals surface area (Å²) in [5.74, 6) is 0.0140. The molecule has 0 aliphatic carbocycles. The average Bonchev–Trinajstić information content (AvgIpc) is 0.756. The molecule has 21 aliphatic heterocycles. The summed E-state index contributed by atoms with van der Waals surface area (Å²) in [7, 11) is -22.0. The van der Waals surface area contributed by atoms with Crippen LogP contribution in [0.3, 0.4) is 0 Å². The van der Waals surface area contributed by atoms with Gasteiger partial charge in [-0.25, -0.2) is 41.5 Å². The lowest BCUT2D eigenvalue weighted by Gasteiger charge is -2.44. The fraction of sp³-hybridized carbons (Fsp3) is 0.429. The molecule has 0 spiro atoms. The zero-order valence-corrected chi connectivity index (χ0v) is 81.1. The molecule has 0 atom stereocenters. The number of ether oxygens (including phenoxy) is 6. The van der Waals surface area contributed by atoms with Crippen molar-refractivity contribution in [1.29, 1.82) is 0 Å². The summed E-state index contributed by atoms with van der Waals surface area (Å²) in [4.78, 5) is 46.8. The number of aryl methyl sites for hydroxylation is 2. The van der Waals surface area contributed by atoms with Crippen LogP contribution in [0, 0.1) is 19.3 Å². The Hall–Kier alpha value is -7.87. The van der Waals surface area contributed by atoms with Gasteiger partial charge in [0.1, 0.15) is 98.9 Å². The highest BCUT2D eigenvalue weighted by atomic mass is 31.2. The van der Waals surface area contributed by atoms with Crippen molar-refractivity contribution < 1.29 is 175 Å². The van der Waals surface area contributed by atoms with Crippen molar-refractivity contribution in [3.8, 4) is 22.6 Å². The minimum atomic E-state index is -3.46. The highest BCUT2D eigenvalue weighted by Gasteiger charge is 2.59. The first kappa shape index (κ1) is 103. The van der Waals surface area contributed by atoms with Crippen LogP contribution in [0.2, 0.25) is 0 Å². The second-order valence-electron chi connectivity index (χ2n) is 34.7. The van der Waals surface area contributed by atoms with Gasteiger partial charge in [-0.3, -0.25) is 105 Å². The highest BCUT2D eigenvalue weighted by molar-refractivity contribution is 7.50. The number of ketones is 1. The van der Waals surface area contributed by atoms with Crippen molar-refractivity contribution in [3.63, 3.8) is 0 Å². The minimum absolute atomic E-state index is 0. The van der Waals surface area contributed by atoms with E-state index in [2.05, 4.69) is 73.3 Å². The fourth-order valence-electron chi connectivity index (χ4n) is 15.0. The predicted molar refractivity (Wildman–Crippen MR) is 486 cm³/mol. The number of fused-ring (bicyclic) bond motifs is 21. The Morgan fingerprint density at radius 2 is 0.686 bits per heavy atom. The Morgan fingerprint density at radius 3 is 1.12 bits per heavy atom. The Morgan fingerprint density at radius 1 is 0.336 bits per heavy atom. The number of hydrogen-bond donors (Lipinski definition) is 1. The zero-order valence-electron chi connectivity index (χ0n) is 74.8. The maximum absolute atomic E-state index is 12.3. The van der Waals surface area contributed by atoms with Crippen molar-refractivity contribution >= 4 is 78.4 Å². The Balaban J connectivity index is 0.000000122. The molecule has 1 N–H and O–H groups in total. The van der Waals surface area contributed by atoms with E-state index >= 15 is 0 Å². The molecular weight excluding hydrogens is 1930 g/mol. The lowest BCUT2D eigenvalue weighted by Crippen LogP contribution is -2.61. The molecule has 21 fully saturated rings. The lowest BCUT2D eigenvalue weighted by molar-refractivity contribution is -0.188. The van der Waals surface area contributed by atoms with Gasteiger partial charge in [0, 0.05) is 18.8 Å². The van der Waals surface area contributed by atoms with E-state index in [0.717, 1.165) is 33.6 Å². The van der Waals surface area contributed by atoms with Gasteiger partial charge in [-0.05, 0) is 95.3 Å². The van der Waals surface area contributed by atoms with Gasteiger partial charge in [0.05, 0.1) is 111 Å². The van der Waals surface area contributed by atoms with Crippen molar-refractivity contribution in [1.82, 2.24) is 5.32 Å². The van der Waals surface area contributed by atoms with Gasteiger partial charge in [-0.2, -0.15) is 0 Å². The van der Waals surface area contributed by atoms with Gasteiger partial charge in [0.2, 0.25) is 5.91 Å². The van der Waals surface area contributed by atoms with Crippen LogP contribution in [0.4, 0.5) is 0 Å². The number of rotatable bonds is 20. The number of phosphoric acid groups is 7. The summed E-state index contributed by atoms with van der Waals surface area (Å²) < 4.78 is 221. The van der Waals surface area contributed by atoms with Crippen molar-refractivity contribution in [2.24, 2.45) is 5.41 Å². The molecule has 1 amide bonds. The number of phosphoric ester groups is 7. The molecule has 29 rings (SSSR count). The first-order chi connectivity index (χ1) is 64.9. The minimum Gasteiger partial charge on any atom is -0.480 e. The second-order valence-corrected chi connectivity index (χ2v) is 46.4. The molecule has 0 saturated carbocycles. The summed E-state index contributed by atoms with van der Waals surface area (Å²) >= 11 is 0. The van der Waals surface area contributed by atoms with Crippen molar-refractivity contribution in [2.45, 2.75) is 101 Å². The number of methoxy groups -OCH3 is 1. The molecular formula is C91H106NO38P7. The van der Waals surface area contributed by atoms with Crippen LogP contribution in [0.5, 0.6) is 11.5 Å². The number of Topliss-reactive ketones (excluding diaryl/α,β-unsaturated/α-hetero) is 1. The second kappa shape index (κ2) is 42.7. The van der Waals surface area contributed by atoms with Gasteiger partial charge in [0.25, 0.3) is 0 Å². The van der Waals surface area contributed by atoms with E-state index in [4.69, 9.17) is 119 Å². The lowest BCUT2D eigenvalue weighted by atomic mass is 9.78. The van der Waals surface area contributed by atoms with E-state index in [9.17, 15) is 51.1 Å². The van der Waals surface area contributed by atoms with Gasteiger partial charge < -0.3 is 33.7 Å². The topological polar surface area (TPSA) is 449 Å². The van der Waals surface area contributed by atoms with E-state index in [1.807, 2.05) is 153 Å². The van der Waals surface area contributed by atoms with Crippen LogP contribution in [0.1, 0.15) is 87.9 Å². The summed E-state index contributed by atoms with van der Waals surface area (Å²) in [6.07, 6.45) is 0.307. The third-order valence-corrected chi connectivity index (χ3v) is 32.6. The molecule has 21 aliphatic rings. The standard InChI is InChI=1S/C19H21O5P.C17H17O5P.C13H13O8P.C12H15O5P.C12H13O5P.C11H13O5P.C6H10NO5P.CH4/c1-18(2,15-7-4-3-5-8-15)16-9-6-10-17(11-16)24-19-12-21-25(20,22-13-19)23-14-19;1-13-3-2-4-15(9-13)14-5-7-16(8-6-14)22-17-10-19-23(18,20-11-17)21-12-17;1-17-11(14)9-3-2-4-10(5-9)12(15)21-13-6-18-22(16,19-7-13)20-8-13;1-10-3-2-4-11(5-10)6-14-12-7-15-18(13,16-8-12)17-9-12;13-11(6-10-4-2-1-3-5-10)12-7-15-18(14,16-8-12)17-9-12;12-17-14-7-11(8-15-17,9-16-17)13-6-10-4-2-1-3-5-10;1-5(8)7-6-2-10-13(9,11-3-6)12-4-6;/h3-11H,12-14H2,1-2H3;2-9H,10-12H2,1H3;2-5H,6-8H2,1H3;2-5H,6-9H2,1H3;1-5H,6-9H2;1-5H,6-9H2;2-4H2,1H3,(H,7,8);1H4. The molecule has 738 valence electrons. The first-order valence-corrected chi connectivity index (χ1v) is 53.2. The smallest absolute Gasteiger partial charge is 0.475 e. The first-order valence-electron chi connectivity index (χ1n) is 43.0. The molecule has 0 aromatic heterocycles. The number of carbonyl (C=O) groups excluding carboxylic acids is 4. The van der Waals surface area contributed by atoms with E-state index in [1.165, 1.54) is 54.5 Å². The summed E-state index contributed by atoms with van der Waals surface area (Å²) in [5.41, 5.74) is 5.12. The molecule has 14 bridgehead atoms. The molecule has 21 heterocycles. The van der Waals surface area contributed by atoms with Crippen LogP contribution in [-0.2, 0) is 181 Å². The number of benzene rings is 8. The number of amides is 1. The Bertz CT molecular complexity index is 5780. The van der Waals surface area contributed by atoms with Gasteiger partial charge in [0.15, 0.2) is 16.8 Å². The predicted octanol–water partition coefficient (Wildman–Crippen LogP) is 17.0. The molecule has 46 heteroatoms. The maximum Gasteiger partial charge on any atom is 0.475 e. The monoisotopic (exact) mass is 2040 g/mol. The van der Waals surface area contributed by atoms with E-state index < -0.39 is 106 Å². The van der Waals surface area contributed by atoms with Crippen molar-refractivity contribution in [3.05, 3.63) is 262 Å².